The van der Waals surface area contributed by atoms with Crippen LogP contribution < -0.4 is 5.32 Å². The van der Waals surface area contributed by atoms with Gasteiger partial charge in [0.2, 0.25) is 0 Å². The van der Waals surface area contributed by atoms with Crippen LogP contribution in [0.3, 0.4) is 0 Å². The fourth-order valence-electron chi connectivity index (χ4n) is 2.26. The molecule has 4 nitrogen and oxygen atoms in total. The standard InChI is InChI=1S/C9H17NO3/c11-5-4-10-8-2-1-3-9(8)12-6-7-13-9/h8,10-11H,1-7H2. The molecule has 2 aliphatic rings. The Morgan fingerprint density at radius 2 is 2.15 bits per heavy atom. The summed E-state index contributed by atoms with van der Waals surface area (Å²) >= 11 is 0. The summed E-state index contributed by atoms with van der Waals surface area (Å²) in [5.74, 6) is -0.366. The Kier molecular flexibility index (Phi) is 2.83. The molecule has 1 heterocycles. The molecule has 0 aromatic rings. The highest BCUT2D eigenvalue weighted by Gasteiger charge is 2.47. The summed E-state index contributed by atoms with van der Waals surface area (Å²) in [5.41, 5.74) is 0. The lowest BCUT2D eigenvalue weighted by atomic mass is 10.1. The van der Waals surface area contributed by atoms with Crippen LogP contribution in [0.5, 0.6) is 0 Å². The van der Waals surface area contributed by atoms with Crippen LogP contribution in [0.15, 0.2) is 0 Å². The van der Waals surface area contributed by atoms with Gasteiger partial charge in [-0.3, -0.25) is 0 Å². The highest BCUT2D eigenvalue weighted by Crippen LogP contribution is 2.37. The zero-order valence-electron chi connectivity index (χ0n) is 7.79. The van der Waals surface area contributed by atoms with Gasteiger partial charge in [-0.2, -0.15) is 0 Å². The van der Waals surface area contributed by atoms with E-state index in [0.29, 0.717) is 19.8 Å². The monoisotopic (exact) mass is 187 g/mol. The van der Waals surface area contributed by atoms with Crippen LogP contribution >= 0.6 is 0 Å². The van der Waals surface area contributed by atoms with Crippen LogP contribution in [0.25, 0.3) is 0 Å². The predicted molar refractivity (Wildman–Crippen MR) is 47.4 cm³/mol. The predicted octanol–water partition coefficient (Wildman–Crippen LogP) is -0.136. The molecule has 2 fully saturated rings. The van der Waals surface area contributed by atoms with Crippen molar-refractivity contribution in [2.24, 2.45) is 0 Å². The zero-order valence-corrected chi connectivity index (χ0v) is 7.79. The molecule has 1 saturated carbocycles. The molecule has 76 valence electrons. The molecule has 0 aromatic carbocycles. The quantitative estimate of drug-likeness (QED) is 0.646. The third-order valence-electron chi connectivity index (χ3n) is 2.83. The Morgan fingerprint density at radius 1 is 1.38 bits per heavy atom. The van der Waals surface area contributed by atoms with E-state index in [1.165, 1.54) is 0 Å². The van der Waals surface area contributed by atoms with Crippen molar-refractivity contribution < 1.29 is 14.6 Å². The van der Waals surface area contributed by atoms with E-state index >= 15 is 0 Å². The first kappa shape index (κ1) is 9.40. The molecule has 1 spiro atoms. The maximum absolute atomic E-state index is 8.71. The molecular weight excluding hydrogens is 170 g/mol. The van der Waals surface area contributed by atoms with E-state index in [0.717, 1.165) is 19.3 Å². The van der Waals surface area contributed by atoms with Gasteiger partial charge in [0.05, 0.1) is 25.9 Å². The van der Waals surface area contributed by atoms with Gasteiger partial charge < -0.3 is 19.9 Å². The third kappa shape index (κ3) is 1.72. The molecule has 2 rings (SSSR count). The highest BCUT2D eigenvalue weighted by atomic mass is 16.7. The molecule has 0 amide bonds. The Hall–Kier alpha value is -0.160. The van der Waals surface area contributed by atoms with Crippen molar-refractivity contribution in [2.45, 2.75) is 31.1 Å². The van der Waals surface area contributed by atoms with Gasteiger partial charge in [-0.25, -0.2) is 0 Å². The summed E-state index contributed by atoms with van der Waals surface area (Å²) in [4.78, 5) is 0. The van der Waals surface area contributed by atoms with Crippen LogP contribution in [0.4, 0.5) is 0 Å². The van der Waals surface area contributed by atoms with E-state index < -0.39 is 0 Å². The second-order valence-corrected chi connectivity index (χ2v) is 3.63. The number of nitrogens with one attached hydrogen (secondary N) is 1. The van der Waals surface area contributed by atoms with Crippen LogP contribution in [0.1, 0.15) is 19.3 Å². The Balaban J connectivity index is 1.93. The number of aliphatic hydroxyl groups excluding tert-OH is 1. The third-order valence-corrected chi connectivity index (χ3v) is 2.83. The van der Waals surface area contributed by atoms with Crippen LogP contribution in [0.2, 0.25) is 0 Å². The van der Waals surface area contributed by atoms with E-state index in [1.54, 1.807) is 0 Å². The number of aliphatic hydroxyl groups is 1. The molecule has 0 bridgehead atoms. The molecule has 1 atom stereocenters. The molecule has 4 heteroatoms. The van der Waals surface area contributed by atoms with Crippen LogP contribution in [-0.2, 0) is 9.47 Å². The van der Waals surface area contributed by atoms with E-state index in [2.05, 4.69) is 5.32 Å². The van der Waals surface area contributed by atoms with Gasteiger partial charge in [-0.1, -0.05) is 0 Å². The topological polar surface area (TPSA) is 50.7 Å². The second-order valence-electron chi connectivity index (χ2n) is 3.63. The van der Waals surface area contributed by atoms with Gasteiger partial charge in [0.25, 0.3) is 0 Å². The minimum Gasteiger partial charge on any atom is -0.395 e. The van der Waals surface area contributed by atoms with E-state index in [-0.39, 0.29) is 18.4 Å². The summed E-state index contributed by atoms with van der Waals surface area (Å²) in [5, 5.41) is 12.0. The summed E-state index contributed by atoms with van der Waals surface area (Å²) in [7, 11) is 0. The van der Waals surface area contributed by atoms with Crippen molar-refractivity contribution in [1.82, 2.24) is 5.32 Å². The molecule has 1 aliphatic carbocycles. The lowest BCUT2D eigenvalue weighted by molar-refractivity contribution is -0.166. The molecule has 0 radical (unpaired) electrons. The van der Waals surface area contributed by atoms with Gasteiger partial charge >= 0.3 is 0 Å². The normalized spacial score (nSPS) is 31.6. The second kappa shape index (κ2) is 3.92. The molecule has 0 aromatic heterocycles. The van der Waals surface area contributed by atoms with E-state index in [1.807, 2.05) is 0 Å². The van der Waals surface area contributed by atoms with Crippen LogP contribution in [-0.4, -0.2) is 43.3 Å². The zero-order chi connectivity index (χ0) is 9.15. The Bertz CT molecular complexity index is 163. The molecule has 1 aliphatic heterocycles. The Morgan fingerprint density at radius 3 is 2.85 bits per heavy atom. The Labute approximate surface area is 78.2 Å². The van der Waals surface area contributed by atoms with E-state index in [4.69, 9.17) is 14.6 Å². The first-order valence-corrected chi connectivity index (χ1v) is 4.99. The summed E-state index contributed by atoms with van der Waals surface area (Å²) in [6, 6.07) is 0.266. The average Bonchev–Trinajstić information content (AvgIpc) is 2.75. The van der Waals surface area contributed by atoms with Crippen molar-refractivity contribution in [3.8, 4) is 0 Å². The molecule has 13 heavy (non-hydrogen) atoms. The maximum Gasteiger partial charge on any atom is 0.183 e. The van der Waals surface area contributed by atoms with E-state index in [9.17, 15) is 0 Å². The first-order valence-electron chi connectivity index (χ1n) is 4.99. The van der Waals surface area contributed by atoms with Gasteiger partial charge in [0, 0.05) is 13.0 Å². The average molecular weight is 187 g/mol. The molecule has 1 unspecified atom stereocenters. The largest absolute Gasteiger partial charge is 0.395 e. The van der Waals surface area contributed by atoms with Crippen molar-refractivity contribution in [1.29, 1.82) is 0 Å². The summed E-state index contributed by atoms with van der Waals surface area (Å²) < 4.78 is 11.3. The number of rotatable bonds is 3. The molecule has 2 N–H and O–H groups in total. The number of hydrogen-bond donors (Lipinski definition) is 2. The lowest BCUT2D eigenvalue weighted by Crippen LogP contribution is -2.48. The number of hydrogen-bond acceptors (Lipinski definition) is 4. The fourth-order valence-corrected chi connectivity index (χ4v) is 2.26. The van der Waals surface area contributed by atoms with Crippen molar-refractivity contribution in [3.63, 3.8) is 0 Å². The van der Waals surface area contributed by atoms with Crippen molar-refractivity contribution >= 4 is 0 Å². The fraction of sp³-hybridized carbons (Fsp3) is 1.00. The SMILES string of the molecule is OCCNC1CCCC12OCCO2. The summed E-state index contributed by atoms with van der Waals surface area (Å²) in [6.07, 6.45) is 3.21. The minimum absolute atomic E-state index is 0.173. The molecule has 1 saturated heterocycles. The van der Waals surface area contributed by atoms with Gasteiger partial charge in [-0.05, 0) is 12.8 Å². The van der Waals surface area contributed by atoms with Gasteiger partial charge in [0.1, 0.15) is 0 Å². The molecular formula is C9H17NO3. The summed E-state index contributed by atoms with van der Waals surface area (Å²) in [6.45, 7) is 2.21. The van der Waals surface area contributed by atoms with Crippen molar-refractivity contribution in [3.05, 3.63) is 0 Å². The lowest BCUT2D eigenvalue weighted by Gasteiger charge is -2.29. The maximum atomic E-state index is 8.71. The van der Waals surface area contributed by atoms with Crippen molar-refractivity contribution in [2.75, 3.05) is 26.4 Å². The van der Waals surface area contributed by atoms with Gasteiger partial charge in [0.15, 0.2) is 5.79 Å². The van der Waals surface area contributed by atoms with Crippen LogP contribution in [0, 0.1) is 0 Å². The smallest absolute Gasteiger partial charge is 0.183 e. The van der Waals surface area contributed by atoms with Gasteiger partial charge in [-0.15, -0.1) is 0 Å². The minimum atomic E-state index is -0.366. The first-order chi connectivity index (χ1) is 6.37. The highest BCUT2D eigenvalue weighted by molar-refractivity contribution is 4.93. The number of ether oxygens (including phenoxy) is 2.